The van der Waals surface area contributed by atoms with Crippen molar-refractivity contribution < 1.29 is 4.79 Å². The highest BCUT2D eigenvalue weighted by atomic mass is 127. The minimum Gasteiger partial charge on any atom is -0.348 e. The number of rotatable bonds is 3. The molecule has 22 heavy (non-hydrogen) atoms. The van der Waals surface area contributed by atoms with Gasteiger partial charge in [0, 0.05) is 22.7 Å². The Kier molecular flexibility index (Phi) is 5.90. The summed E-state index contributed by atoms with van der Waals surface area (Å²) in [6, 6.07) is 15.6. The van der Waals surface area contributed by atoms with E-state index in [4.69, 9.17) is 12.2 Å². The largest absolute Gasteiger partial charge is 0.348 e. The van der Waals surface area contributed by atoms with Gasteiger partial charge in [0.05, 0.1) is 0 Å². The van der Waals surface area contributed by atoms with Crippen LogP contribution in [0.1, 0.15) is 21.5 Å². The summed E-state index contributed by atoms with van der Waals surface area (Å²) in [5.74, 6) is -0.178. The molecule has 0 aliphatic heterocycles. The molecule has 5 heteroatoms. The summed E-state index contributed by atoms with van der Waals surface area (Å²) >= 11 is 7.52. The number of thiocarbonyl (C=S) groups is 1. The second kappa shape index (κ2) is 7.69. The number of aryl methyl sites for hydroxylation is 1. The second-order valence-electron chi connectivity index (χ2n) is 5.06. The quantitative estimate of drug-likeness (QED) is 0.602. The summed E-state index contributed by atoms with van der Waals surface area (Å²) < 4.78 is 1.06. The molecule has 0 bridgehead atoms. The highest BCUT2D eigenvalue weighted by molar-refractivity contribution is 14.1. The molecule has 0 saturated heterocycles. The molecule has 0 aliphatic carbocycles. The van der Waals surface area contributed by atoms with Gasteiger partial charge < -0.3 is 4.90 Å². The van der Waals surface area contributed by atoms with Crippen LogP contribution in [0.15, 0.2) is 48.5 Å². The van der Waals surface area contributed by atoms with Crippen LogP contribution in [0, 0.1) is 10.5 Å². The molecule has 3 nitrogen and oxygen atoms in total. The first-order valence-corrected chi connectivity index (χ1v) is 8.32. The van der Waals surface area contributed by atoms with Crippen LogP contribution in [0.4, 0.5) is 0 Å². The maximum absolute atomic E-state index is 12.2. The molecule has 2 aromatic rings. The Balaban J connectivity index is 1.98. The third kappa shape index (κ3) is 4.51. The summed E-state index contributed by atoms with van der Waals surface area (Å²) in [6.07, 6.45) is 0. The molecular weight excluding hydrogens is 407 g/mol. The van der Waals surface area contributed by atoms with E-state index in [-0.39, 0.29) is 5.91 Å². The number of nitrogens with zero attached hydrogens (tertiary/aromatic N) is 1. The van der Waals surface area contributed by atoms with E-state index in [1.165, 1.54) is 0 Å². The van der Waals surface area contributed by atoms with Crippen LogP contribution in [0.5, 0.6) is 0 Å². The molecule has 1 N–H and O–H groups in total. The molecule has 114 valence electrons. The fraction of sp³-hybridized carbons (Fsp3) is 0.176. The van der Waals surface area contributed by atoms with Crippen LogP contribution in [0.3, 0.4) is 0 Å². The lowest BCUT2D eigenvalue weighted by molar-refractivity contribution is 0.0973. The highest BCUT2D eigenvalue weighted by Gasteiger charge is 2.12. The van der Waals surface area contributed by atoms with Gasteiger partial charge >= 0.3 is 0 Å². The van der Waals surface area contributed by atoms with Crippen molar-refractivity contribution in [1.82, 2.24) is 10.2 Å². The van der Waals surface area contributed by atoms with E-state index in [9.17, 15) is 4.79 Å². The molecule has 0 saturated carbocycles. The third-order valence-corrected chi connectivity index (χ3v) is 4.84. The summed E-state index contributed by atoms with van der Waals surface area (Å²) in [7, 11) is 1.87. The van der Waals surface area contributed by atoms with Crippen molar-refractivity contribution >= 4 is 45.8 Å². The van der Waals surface area contributed by atoms with Crippen molar-refractivity contribution in [3.05, 3.63) is 68.8 Å². The average molecular weight is 424 g/mol. The van der Waals surface area contributed by atoms with Crippen LogP contribution in [0.25, 0.3) is 0 Å². The zero-order valence-electron chi connectivity index (χ0n) is 12.5. The Morgan fingerprint density at radius 3 is 2.55 bits per heavy atom. The van der Waals surface area contributed by atoms with Crippen LogP contribution < -0.4 is 5.32 Å². The van der Waals surface area contributed by atoms with Crippen LogP contribution in [-0.2, 0) is 6.54 Å². The molecule has 0 heterocycles. The van der Waals surface area contributed by atoms with Crippen molar-refractivity contribution in [1.29, 1.82) is 0 Å². The minimum atomic E-state index is -0.178. The van der Waals surface area contributed by atoms with Crippen LogP contribution in [0.2, 0.25) is 0 Å². The lowest BCUT2D eigenvalue weighted by atomic mass is 10.1. The molecule has 0 spiro atoms. The zero-order chi connectivity index (χ0) is 16.1. The Hall–Kier alpha value is -1.47. The molecule has 0 fully saturated rings. The molecular formula is C17H17IN2OS. The monoisotopic (exact) mass is 424 g/mol. The minimum absolute atomic E-state index is 0.178. The van der Waals surface area contributed by atoms with Gasteiger partial charge in [-0.3, -0.25) is 10.1 Å². The fourth-order valence-electron chi connectivity index (χ4n) is 1.93. The topological polar surface area (TPSA) is 32.3 Å². The van der Waals surface area contributed by atoms with Gasteiger partial charge in [0.1, 0.15) is 0 Å². The number of carbonyl (C=O) groups excluding carboxylic acids is 1. The van der Waals surface area contributed by atoms with Gasteiger partial charge in [-0.1, -0.05) is 36.4 Å². The average Bonchev–Trinajstić information content (AvgIpc) is 2.50. The molecule has 0 aliphatic rings. The Morgan fingerprint density at radius 2 is 1.91 bits per heavy atom. The van der Waals surface area contributed by atoms with Gasteiger partial charge in [0.15, 0.2) is 5.11 Å². The van der Waals surface area contributed by atoms with E-state index in [2.05, 4.69) is 27.9 Å². The summed E-state index contributed by atoms with van der Waals surface area (Å²) in [5.41, 5.74) is 2.91. The second-order valence-corrected chi connectivity index (χ2v) is 6.61. The van der Waals surface area contributed by atoms with Gasteiger partial charge in [0.2, 0.25) is 0 Å². The number of hydrogen-bond donors (Lipinski definition) is 1. The standard InChI is InChI=1S/C17H17IN2OS/c1-12-8-9-14(10-15(12)18)16(21)19-17(22)20(2)11-13-6-4-3-5-7-13/h3-10H,11H2,1-2H3,(H,19,21,22). The number of nitrogens with one attached hydrogen (secondary N) is 1. The fourth-order valence-corrected chi connectivity index (χ4v) is 2.60. The maximum Gasteiger partial charge on any atom is 0.257 e. The summed E-state index contributed by atoms with van der Waals surface area (Å²) in [6.45, 7) is 2.67. The van der Waals surface area contributed by atoms with E-state index in [0.29, 0.717) is 17.2 Å². The predicted octanol–water partition coefficient (Wildman–Crippen LogP) is 3.75. The Labute approximate surface area is 149 Å². The van der Waals surface area contributed by atoms with Crippen molar-refractivity contribution in [2.45, 2.75) is 13.5 Å². The van der Waals surface area contributed by atoms with Crippen molar-refractivity contribution in [2.24, 2.45) is 0 Å². The van der Waals surface area contributed by atoms with Gasteiger partial charge in [-0.2, -0.15) is 0 Å². The molecule has 0 aromatic heterocycles. The first-order valence-electron chi connectivity index (χ1n) is 6.84. The van der Waals surface area contributed by atoms with Crippen molar-refractivity contribution in [3.8, 4) is 0 Å². The Bertz CT molecular complexity index is 688. The summed E-state index contributed by atoms with van der Waals surface area (Å²) in [4.78, 5) is 14.1. The van der Waals surface area contributed by atoms with E-state index in [1.54, 1.807) is 0 Å². The molecule has 2 aromatic carbocycles. The normalized spacial score (nSPS) is 10.1. The van der Waals surface area contributed by atoms with Gasteiger partial charge in [-0.05, 0) is 65.0 Å². The molecule has 0 unspecified atom stereocenters. The number of carbonyl (C=O) groups is 1. The van der Waals surface area contributed by atoms with Gasteiger partial charge in [0.25, 0.3) is 5.91 Å². The lowest BCUT2D eigenvalue weighted by Crippen LogP contribution is -2.40. The van der Waals surface area contributed by atoms with E-state index in [1.807, 2.05) is 67.4 Å². The molecule has 0 radical (unpaired) electrons. The SMILES string of the molecule is Cc1ccc(C(=O)NC(=S)N(C)Cc2ccccc2)cc1I. The van der Waals surface area contributed by atoms with Gasteiger partial charge in [-0.15, -0.1) is 0 Å². The first-order chi connectivity index (χ1) is 10.5. The number of amides is 1. The molecule has 1 amide bonds. The van der Waals surface area contributed by atoms with Crippen molar-refractivity contribution in [3.63, 3.8) is 0 Å². The number of hydrogen-bond acceptors (Lipinski definition) is 2. The van der Waals surface area contributed by atoms with Crippen LogP contribution in [-0.4, -0.2) is 23.0 Å². The van der Waals surface area contributed by atoms with Gasteiger partial charge in [-0.25, -0.2) is 0 Å². The van der Waals surface area contributed by atoms with E-state index >= 15 is 0 Å². The third-order valence-electron chi connectivity index (χ3n) is 3.26. The maximum atomic E-state index is 12.2. The van der Waals surface area contributed by atoms with E-state index < -0.39 is 0 Å². The first kappa shape index (κ1) is 16.9. The smallest absolute Gasteiger partial charge is 0.257 e. The number of halogens is 1. The zero-order valence-corrected chi connectivity index (χ0v) is 15.4. The van der Waals surface area contributed by atoms with Crippen LogP contribution >= 0.6 is 34.8 Å². The summed E-state index contributed by atoms with van der Waals surface area (Å²) in [5, 5.41) is 3.20. The van der Waals surface area contributed by atoms with E-state index in [0.717, 1.165) is 14.7 Å². The molecule has 0 atom stereocenters. The molecule has 2 rings (SSSR count). The predicted molar refractivity (Wildman–Crippen MR) is 102 cm³/mol. The highest BCUT2D eigenvalue weighted by Crippen LogP contribution is 2.13. The van der Waals surface area contributed by atoms with Crippen molar-refractivity contribution in [2.75, 3.05) is 7.05 Å². The number of benzene rings is 2. The lowest BCUT2D eigenvalue weighted by Gasteiger charge is -2.20. The Morgan fingerprint density at radius 1 is 1.23 bits per heavy atom.